The Balaban J connectivity index is 1.34. The van der Waals surface area contributed by atoms with Crippen molar-refractivity contribution >= 4 is 16.8 Å². The Morgan fingerprint density at radius 2 is 1.59 bits per heavy atom. The molecule has 1 heteroatoms. The fourth-order valence-corrected chi connectivity index (χ4v) is 5.37. The molecule has 0 saturated heterocycles. The molecule has 0 nitrogen and oxygen atoms in total. The molecule has 0 spiro atoms. The van der Waals surface area contributed by atoms with E-state index >= 15 is 4.39 Å². The fraction of sp³-hybridized carbons (Fsp3) is 0.419. The number of hydrogen-bond donors (Lipinski definition) is 0. The summed E-state index contributed by atoms with van der Waals surface area (Å²) in [5.41, 5.74) is 4.01. The van der Waals surface area contributed by atoms with Crippen LogP contribution in [0.15, 0.2) is 61.2 Å². The standard InChI is InChI=1S/C31H37F/c1-3-5-6-7-24-8-10-25(11-9-24)12-13-26-14-17-27(18-15-26)29-21-19-28-22-23(4-2)16-20-30(28)31(29)32/h4,14-22,24-25H,2-3,5-13H2,1H3. The number of hydrogen-bond acceptors (Lipinski definition) is 0. The molecule has 0 bridgehead atoms. The molecule has 32 heavy (non-hydrogen) atoms. The van der Waals surface area contributed by atoms with E-state index in [1.54, 1.807) is 6.08 Å². The van der Waals surface area contributed by atoms with Gasteiger partial charge in [0.2, 0.25) is 0 Å². The zero-order valence-corrected chi connectivity index (χ0v) is 19.6. The Kier molecular flexibility index (Phi) is 7.79. The third-order valence-corrected chi connectivity index (χ3v) is 7.50. The predicted octanol–water partition coefficient (Wildman–Crippen LogP) is 9.61. The van der Waals surface area contributed by atoms with E-state index in [-0.39, 0.29) is 5.82 Å². The summed E-state index contributed by atoms with van der Waals surface area (Å²) in [6.07, 6.45) is 15.5. The smallest absolute Gasteiger partial charge is 0.138 e. The topological polar surface area (TPSA) is 0 Å². The normalized spacial score (nSPS) is 18.7. The molecular weight excluding hydrogens is 391 g/mol. The molecule has 168 valence electrons. The van der Waals surface area contributed by atoms with Gasteiger partial charge in [0.15, 0.2) is 0 Å². The zero-order chi connectivity index (χ0) is 22.3. The SMILES string of the molecule is C=Cc1ccc2c(F)c(-c3ccc(CCC4CCC(CCCCC)CC4)cc3)ccc2c1. The van der Waals surface area contributed by atoms with Gasteiger partial charge in [-0.3, -0.25) is 0 Å². The van der Waals surface area contributed by atoms with Crippen molar-refractivity contribution in [1.82, 2.24) is 0 Å². The summed E-state index contributed by atoms with van der Waals surface area (Å²) in [5.74, 6) is 1.73. The minimum Gasteiger partial charge on any atom is -0.206 e. The first-order valence-electron chi connectivity index (χ1n) is 12.6. The van der Waals surface area contributed by atoms with E-state index in [4.69, 9.17) is 0 Å². The summed E-state index contributed by atoms with van der Waals surface area (Å²) in [7, 11) is 0. The van der Waals surface area contributed by atoms with E-state index in [1.807, 2.05) is 30.3 Å². The molecule has 0 heterocycles. The minimum atomic E-state index is -0.137. The predicted molar refractivity (Wildman–Crippen MR) is 137 cm³/mol. The van der Waals surface area contributed by atoms with Gasteiger partial charge < -0.3 is 0 Å². The van der Waals surface area contributed by atoms with Gasteiger partial charge in [-0.2, -0.15) is 0 Å². The first-order chi connectivity index (χ1) is 15.7. The van der Waals surface area contributed by atoms with Gasteiger partial charge in [-0.25, -0.2) is 4.39 Å². The van der Waals surface area contributed by atoms with Crippen LogP contribution in [0.2, 0.25) is 0 Å². The van der Waals surface area contributed by atoms with E-state index in [0.717, 1.165) is 34.8 Å². The van der Waals surface area contributed by atoms with Crippen LogP contribution in [0.25, 0.3) is 28.0 Å². The summed E-state index contributed by atoms with van der Waals surface area (Å²) in [4.78, 5) is 0. The summed E-state index contributed by atoms with van der Waals surface area (Å²) in [5, 5.41) is 1.59. The third-order valence-electron chi connectivity index (χ3n) is 7.50. The molecule has 1 aliphatic carbocycles. The van der Waals surface area contributed by atoms with Crippen molar-refractivity contribution in [3.63, 3.8) is 0 Å². The first-order valence-corrected chi connectivity index (χ1v) is 12.6. The molecule has 0 aliphatic heterocycles. The van der Waals surface area contributed by atoms with Crippen LogP contribution in [-0.2, 0) is 6.42 Å². The fourth-order valence-electron chi connectivity index (χ4n) is 5.37. The number of halogens is 1. The van der Waals surface area contributed by atoms with Crippen LogP contribution in [0.1, 0.15) is 75.8 Å². The highest BCUT2D eigenvalue weighted by molar-refractivity contribution is 5.89. The number of benzene rings is 3. The zero-order valence-electron chi connectivity index (χ0n) is 19.6. The van der Waals surface area contributed by atoms with Gasteiger partial charge in [0, 0.05) is 10.9 Å². The van der Waals surface area contributed by atoms with E-state index in [1.165, 1.54) is 63.4 Å². The van der Waals surface area contributed by atoms with E-state index in [9.17, 15) is 0 Å². The quantitative estimate of drug-likeness (QED) is 0.298. The number of aryl methyl sites for hydroxylation is 1. The molecule has 3 aromatic carbocycles. The third kappa shape index (κ3) is 5.49. The number of rotatable bonds is 9. The van der Waals surface area contributed by atoms with Crippen LogP contribution in [0.3, 0.4) is 0 Å². The van der Waals surface area contributed by atoms with Crippen LogP contribution in [0.5, 0.6) is 0 Å². The summed E-state index contributed by atoms with van der Waals surface area (Å²) in [6.45, 7) is 6.09. The van der Waals surface area contributed by atoms with Crippen LogP contribution in [-0.4, -0.2) is 0 Å². The summed E-state index contributed by atoms with van der Waals surface area (Å²) >= 11 is 0. The van der Waals surface area contributed by atoms with Gasteiger partial charge in [0.1, 0.15) is 5.82 Å². The molecule has 0 radical (unpaired) electrons. The van der Waals surface area contributed by atoms with Crippen LogP contribution in [0, 0.1) is 17.7 Å². The molecule has 0 atom stereocenters. The highest BCUT2D eigenvalue weighted by Crippen LogP contribution is 2.35. The number of unbranched alkanes of at least 4 members (excludes halogenated alkanes) is 2. The molecule has 4 rings (SSSR count). The second-order valence-corrected chi connectivity index (χ2v) is 9.73. The maximum absolute atomic E-state index is 15.2. The Morgan fingerprint density at radius 1 is 0.875 bits per heavy atom. The maximum atomic E-state index is 15.2. The molecular formula is C31H37F. The Hall–Kier alpha value is -2.41. The summed E-state index contributed by atoms with van der Waals surface area (Å²) in [6, 6.07) is 18.2. The minimum absolute atomic E-state index is 0.137. The van der Waals surface area contributed by atoms with Crippen molar-refractivity contribution in [2.24, 2.45) is 11.8 Å². The lowest BCUT2D eigenvalue weighted by Gasteiger charge is -2.28. The van der Waals surface area contributed by atoms with Gasteiger partial charge in [-0.05, 0) is 52.8 Å². The van der Waals surface area contributed by atoms with Crippen molar-refractivity contribution in [3.05, 3.63) is 78.1 Å². The van der Waals surface area contributed by atoms with E-state index in [0.29, 0.717) is 10.9 Å². The first kappa shape index (κ1) is 22.8. The second kappa shape index (κ2) is 10.9. The molecule has 3 aromatic rings. The van der Waals surface area contributed by atoms with Crippen molar-refractivity contribution in [2.75, 3.05) is 0 Å². The average Bonchev–Trinajstić information content (AvgIpc) is 2.84. The molecule has 0 N–H and O–H groups in total. The Bertz CT molecular complexity index is 1020. The number of fused-ring (bicyclic) bond motifs is 1. The average molecular weight is 429 g/mol. The molecule has 1 saturated carbocycles. The lowest BCUT2D eigenvalue weighted by molar-refractivity contribution is 0.249. The van der Waals surface area contributed by atoms with Gasteiger partial charge in [0.25, 0.3) is 0 Å². The Morgan fingerprint density at radius 3 is 2.28 bits per heavy atom. The van der Waals surface area contributed by atoms with Crippen molar-refractivity contribution < 1.29 is 4.39 Å². The Labute approximate surface area is 193 Å². The molecule has 0 unspecified atom stereocenters. The monoisotopic (exact) mass is 428 g/mol. The van der Waals surface area contributed by atoms with Gasteiger partial charge in [0.05, 0.1) is 0 Å². The van der Waals surface area contributed by atoms with Gasteiger partial charge in [-0.15, -0.1) is 0 Å². The summed E-state index contributed by atoms with van der Waals surface area (Å²) < 4.78 is 15.2. The van der Waals surface area contributed by atoms with Gasteiger partial charge in [-0.1, -0.05) is 119 Å². The van der Waals surface area contributed by atoms with Crippen LogP contribution < -0.4 is 0 Å². The largest absolute Gasteiger partial charge is 0.206 e. The molecule has 1 aliphatic rings. The second-order valence-electron chi connectivity index (χ2n) is 9.73. The van der Waals surface area contributed by atoms with Crippen LogP contribution >= 0.6 is 0 Å². The van der Waals surface area contributed by atoms with Crippen LogP contribution in [0.4, 0.5) is 4.39 Å². The molecule has 1 fully saturated rings. The highest BCUT2D eigenvalue weighted by atomic mass is 19.1. The van der Waals surface area contributed by atoms with Crippen molar-refractivity contribution in [3.8, 4) is 11.1 Å². The van der Waals surface area contributed by atoms with Gasteiger partial charge >= 0.3 is 0 Å². The van der Waals surface area contributed by atoms with E-state index in [2.05, 4.69) is 37.8 Å². The highest BCUT2D eigenvalue weighted by Gasteiger charge is 2.20. The molecule has 0 amide bonds. The van der Waals surface area contributed by atoms with Crippen molar-refractivity contribution in [2.45, 2.75) is 71.1 Å². The van der Waals surface area contributed by atoms with E-state index < -0.39 is 0 Å². The lowest BCUT2D eigenvalue weighted by atomic mass is 9.78. The molecule has 0 aromatic heterocycles. The maximum Gasteiger partial charge on any atom is 0.138 e. The lowest BCUT2D eigenvalue weighted by Crippen LogP contribution is -2.15. The van der Waals surface area contributed by atoms with Crippen molar-refractivity contribution in [1.29, 1.82) is 0 Å².